The van der Waals surface area contributed by atoms with Gasteiger partial charge in [0.1, 0.15) is 11.5 Å². The Morgan fingerprint density at radius 2 is 0.948 bits per heavy atom. The van der Waals surface area contributed by atoms with Crippen LogP contribution >= 0.6 is 0 Å². The summed E-state index contributed by atoms with van der Waals surface area (Å²) in [4.78, 5) is 2.59. The summed E-state index contributed by atoms with van der Waals surface area (Å²) >= 11 is 0. The Balaban J connectivity index is 1.19. The maximum Gasteiger partial charge on any atom is 0.134 e. The lowest BCUT2D eigenvalue weighted by Gasteiger charge is -2.63. The molecule has 0 radical (unpaired) electrons. The molecule has 6 aliphatic carbocycles. The highest BCUT2D eigenvalue weighted by Crippen LogP contribution is 2.70. The van der Waals surface area contributed by atoms with Gasteiger partial charge in [0.2, 0.25) is 0 Å². The smallest absolute Gasteiger partial charge is 0.134 e. The highest BCUT2D eigenvalue weighted by atomic mass is 16.5. The predicted molar refractivity (Wildman–Crippen MR) is 241 cm³/mol. The van der Waals surface area contributed by atoms with Crippen LogP contribution in [0.2, 0.25) is 0 Å². The molecule has 1 heterocycles. The predicted octanol–water partition coefficient (Wildman–Crippen LogP) is 15.4. The van der Waals surface area contributed by atoms with E-state index in [1.165, 1.54) is 119 Å². The lowest BCUT2D eigenvalue weighted by Crippen LogP contribution is -2.57. The third-order valence-electron chi connectivity index (χ3n) is 17.0. The van der Waals surface area contributed by atoms with Crippen LogP contribution in [0.5, 0.6) is 11.5 Å². The van der Waals surface area contributed by atoms with Crippen LogP contribution in [0.25, 0.3) is 11.1 Å². The molecule has 0 aromatic heterocycles. The second-order valence-corrected chi connectivity index (χ2v) is 22.3. The minimum absolute atomic E-state index is 0.0466. The third-order valence-corrected chi connectivity index (χ3v) is 17.0. The number of hydrogen-bond acceptors (Lipinski definition) is 2. The highest BCUT2D eigenvalue weighted by molar-refractivity contribution is 5.86. The van der Waals surface area contributed by atoms with Crippen molar-refractivity contribution in [3.8, 4) is 22.6 Å². The molecule has 0 saturated heterocycles. The van der Waals surface area contributed by atoms with Crippen molar-refractivity contribution in [2.75, 3.05) is 4.90 Å². The van der Waals surface area contributed by atoms with Gasteiger partial charge in [-0.05, 0) is 173 Å². The average Bonchev–Trinajstić information content (AvgIpc) is 3.20. The van der Waals surface area contributed by atoms with Gasteiger partial charge in [-0.1, -0.05) is 116 Å². The summed E-state index contributed by atoms with van der Waals surface area (Å²) in [5, 5.41) is 0. The van der Waals surface area contributed by atoms with Gasteiger partial charge in [0.25, 0.3) is 0 Å². The van der Waals surface area contributed by atoms with Gasteiger partial charge < -0.3 is 9.64 Å². The molecular weight excluding hydrogens is 703 g/mol. The molecule has 2 heteroatoms. The number of fused-ring (bicyclic) bond motifs is 4. The summed E-state index contributed by atoms with van der Waals surface area (Å²) in [6.07, 6.45) is 11.6. The van der Waals surface area contributed by atoms with Crippen molar-refractivity contribution in [1.82, 2.24) is 0 Å². The molecule has 0 amide bonds. The van der Waals surface area contributed by atoms with Gasteiger partial charge in [0, 0.05) is 34.0 Å². The van der Waals surface area contributed by atoms with E-state index in [1.54, 1.807) is 0 Å². The van der Waals surface area contributed by atoms with Crippen LogP contribution in [0.3, 0.4) is 0 Å². The Kier molecular flexibility index (Phi) is 7.84. The first-order chi connectivity index (χ1) is 27.7. The molecule has 2 nitrogen and oxygen atoms in total. The zero-order chi connectivity index (χ0) is 40.0. The van der Waals surface area contributed by atoms with Gasteiger partial charge in [-0.25, -0.2) is 0 Å². The molecule has 0 atom stereocenters. The Bertz CT molecular complexity index is 2350. The maximum atomic E-state index is 7.31. The van der Waals surface area contributed by atoms with E-state index in [2.05, 4.69) is 163 Å². The van der Waals surface area contributed by atoms with Crippen molar-refractivity contribution in [3.05, 3.63) is 137 Å². The Morgan fingerprint density at radius 1 is 0.448 bits per heavy atom. The number of ether oxygens (including phenoxy) is 1. The fourth-order valence-electron chi connectivity index (χ4n) is 13.9. The molecule has 4 bridgehead atoms. The normalized spacial score (nSPS) is 28.5. The Hall–Kier alpha value is -4.30. The lowest BCUT2D eigenvalue weighted by atomic mass is 9.41. The lowest BCUT2D eigenvalue weighted by molar-refractivity contribution is -0.0449. The SMILES string of the molecule is CC1(C)CCC(C)(C)c2cc(N(c3cc4c(c(-c5ccccc5)c3)C3(c5ccccc5O4)C4CC5CC(C4)CC3C5)c3ccc4c(c3)C(C)(C)CCC4(C)C)ccc21. The fourth-order valence-corrected chi connectivity index (χ4v) is 13.9. The Morgan fingerprint density at radius 3 is 1.50 bits per heavy atom. The number of nitrogens with zero attached hydrogens (tertiary/aromatic N) is 1. The summed E-state index contributed by atoms with van der Waals surface area (Å²) in [5.41, 5.74) is 15.6. The second kappa shape index (κ2) is 12.4. The Labute approximate surface area is 348 Å². The van der Waals surface area contributed by atoms with Crippen LogP contribution < -0.4 is 9.64 Å². The molecular formula is C56H63NO. The van der Waals surface area contributed by atoms with E-state index >= 15 is 0 Å². The number of anilines is 3. The zero-order valence-electron chi connectivity index (χ0n) is 36.3. The van der Waals surface area contributed by atoms with Crippen LogP contribution in [0.1, 0.15) is 147 Å². The first-order valence-corrected chi connectivity index (χ1v) is 22.8. The molecule has 5 aromatic rings. The molecule has 12 rings (SSSR count). The standard InChI is InChI=1S/C56H63NO/c1-52(2)22-24-54(5,6)47-32-40(18-20-44(47)52)57(41-19-21-45-48(33-41)55(7,8)25-23-53(45,3)4)42-31-43(37-14-10-9-11-15-37)51-50(34-42)58-49-17-13-12-16-46(49)56(51)38-27-35-26-36(29-38)30-39(56)28-35/h9-21,31-36,38-39H,22-30H2,1-8H3. The van der Waals surface area contributed by atoms with Crippen molar-refractivity contribution in [2.45, 2.75) is 140 Å². The zero-order valence-corrected chi connectivity index (χ0v) is 36.3. The largest absolute Gasteiger partial charge is 0.457 e. The minimum atomic E-state index is -0.0466. The highest BCUT2D eigenvalue weighted by Gasteiger charge is 2.62. The van der Waals surface area contributed by atoms with Crippen molar-refractivity contribution >= 4 is 17.1 Å². The topological polar surface area (TPSA) is 12.5 Å². The van der Waals surface area contributed by atoms with Crippen LogP contribution in [0.4, 0.5) is 17.1 Å². The quantitative estimate of drug-likeness (QED) is 0.181. The molecule has 7 aliphatic rings. The van der Waals surface area contributed by atoms with Crippen molar-refractivity contribution in [1.29, 1.82) is 0 Å². The number of hydrogen-bond donors (Lipinski definition) is 0. The third kappa shape index (κ3) is 5.28. The fraction of sp³-hybridized carbons (Fsp3) is 0.464. The van der Waals surface area contributed by atoms with E-state index in [0.717, 1.165) is 23.3 Å². The maximum absolute atomic E-state index is 7.31. The van der Waals surface area contributed by atoms with Crippen molar-refractivity contribution in [2.24, 2.45) is 23.7 Å². The molecule has 0 N–H and O–H groups in total. The first-order valence-electron chi connectivity index (χ1n) is 22.8. The van der Waals surface area contributed by atoms with Gasteiger partial charge in [-0.15, -0.1) is 0 Å². The molecule has 4 saturated carbocycles. The van der Waals surface area contributed by atoms with Crippen LogP contribution in [0.15, 0.2) is 103 Å². The van der Waals surface area contributed by atoms with E-state index < -0.39 is 0 Å². The van der Waals surface area contributed by atoms with Gasteiger partial charge in [-0.3, -0.25) is 0 Å². The number of rotatable bonds is 4. The molecule has 4 fully saturated rings. The molecule has 1 aliphatic heterocycles. The minimum Gasteiger partial charge on any atom is -0.457 e. The number of para-hydroxylation sites is 1. The van der Waals surface area contributed by atoms with Crippen molar-refractivity contribution < 1.29 is 4.74 Å². The monoisotopic (exact) mass is 765 g/mol. The molecule has 5 aromatic carbocycles. The van der Waals surface area contributed by atoms with Gasteiger partial charge >= 0.3 is 0 Å². The van der Waals surface area contributed by atoms with Gasteiger partial charge in [0.05, 0.1) is 5.69 Å². The van der Waals surface area contributed by atoms with E-state index in [0.29, 0.717) is 11.8 Å². The van der Waals surface area contributed by atoms with Crippen molar-refractivity contribution in [3.63, 3.8) is 0 Å². The molecule has 298 valence electrons. The van der Waals surface area contributed by atoms with E-state index in [1.807, 2.05) is 0 Å². The summed E-state index contributed by atoms with van der Waals surface area (Å²) in [7, 11) is 0. The average molecular weight is 766 g/mol. The first kappa shape index (κ1) is 36.8. The van der Waals surface area contributed by atoms with Gasteiger partial charge in [-0.2, -0.15) is 0 Å². The summed E-state index contributed by atoms with van der Waals surface area (Å²) in [6, 6.07) is 40.4. The van der Waals surface area contributed by atoms with E-state index in [-0.39, 0.29) is 27.1 Å². The van der Waals surface area contributed by atoms with Crippen LogP contribution in [-0.2, 0) is 27.1 Å². The second-order valence-electron chi connectivity index (χ2n) is 22.3. The number of benzene rings is 5. The van der Waals surface area contributed by atoms with E-state index in [9.17, 15) is 0 Å². The molecule has 0 unspecified atom stereocenters. The summed E-state index contributed by atoms with van der Waals surface area (Å²) in [6.45, 7) is 19.6. The van der Waals surface area contributed by atoms with Crippen LogP contribution in [-0.4, -0.2) is 0 Å². The van der Waals surface area contributed by atoms with Gasteiger partial charge in [0.15, 0.2) is 0 Å². The summed E-state index contributed by atoms with van der Waals surface area (Å²) < 4.78 is 7.31. The van der Waals surface area contributed by atoms with Crippen LogP contribution in [0, 0.1) is 23.7 Å². The summed E-state index contributed by atoms with van der Waals surface area (Å²) in [5.74, 6) is 5.15. The molecule has 1 spiro atoms. The van der Waals surface area contributed by atoms with E-state index in [4.69, 9.17) is 4.74 Å². The molecule has 58 heavy (non-hydrogen) atoms.